The van der Waals surface area contributed by atoms with Crippen molar-refractivity contribution in [3.8, 4) is 46.0 Å². The standard InChI is InChI=1S/C28H26F6N2O6.C28H30F6N2O2/c1-25(2,3)17-13-24(42-22-10-8-16(36(39)40)12-20(22)28(32,33)34)18(26(4,5)6)14-23(17)41-21-9-7-15(35(37)38)11-19(21)27(29,30)31;1-25(2,3)17-13-24(38-22-10-8-16(36)12-20(22)28(32,33)34)18(26(4,5)6)14-23(17)37-21-9-7-15(35)11-19(21)27(29,30)31/h7-14H,1-6H3;7-14H,35-36H2,1-6H3. The van der Waals surface area contributed by atoms with Gasteiger partial charge in [0.25, 0.3) is 11.4 Å². The first-order valence-corrected chi connectivity index (χ1v) is 23.9. The van der Waals surface area contributed by atoms with Crippen LogP contribution in [0.15, 0.2) is 97.1 Å². The number of ether oxygens (including phenoxy) is 4. The number of halogens is 12. The lowest BCUT2D eigenvalue weighted by molar-refractivity contribution is -0.385. The van der Waals surface area contributed by atoms with Crippen molar-refractivity contribution in [2.75, 3.05) is 11.5 Å². The molecule has 4 N–H and O–H groups in total. The Morgan fingerprint density at radius 3 is 0.700 bits per heavy atom. The molecule has 0 atom stereocenters. The van der Waals surface area contributed by atoms with Gasteiger partial charge < -0.3 is 30.4 Å². The molecule has 0 radical (unpaired) electrons. The fourth-order valence-corrected chi connectivity index (χ4v) is 7.88. The van der Waals surface area contributed by atoms with E-state index in [4.69, 9.17) is 30.4 Å². The number of non-ortho nitro benzene ring substituents is 2. The predicted octanol–water partition coefficient (Wildman–Crippen LogP) is 18.8. The number of rotatable bonds is 10. The van der Waals surface area contributed by atoms with Gasteiger partial charge in [0.2, 0.25) is 0 Å². The Morgan fingerprint density at radius 2 is 0.512 bits per heavy atom. The van der Waals surface area contributed by atoms with Gasteiger partial charge in [0, 0.05) is 57.9 Å². The van der Waals surface area contributed by atoms with Crippen molar-refractivity contribution in [1.29, 1.82) is 0 Å². The summed E-state index contributed by atoms with van der Waals surface area (Å²) < 4.78 is 189. The maximum atomic E-state index is 13.9. The van der Waals surface area contributed by atoms with Crippen LogP contribution < -0.4 is 30.4 Å². The van der Waals surface area contributed by atoms with Gasteiger partial charge in [-0.05, 0) is 94.5 Å². The number of hydrogen-bond donors (Lipinski definition) is 2. The van der Waals surface area contributed by atoms with Gasteiger partial charge in [0.1, 0.15) is 68.2 Å². The third-order valence-corrected chi connectivity index (χ3v) is 11.9. The van der Waals surface area contributed by atoms with Gasteiger partial charge in [0.15, 0.2) is 0 Å². The van der Waals surface area contributed by atoms with Crippen LogP contribution in [-0.2, 0) is 46.4 Å². The third-order valence-electron chi connectivity index (χ3n) is 11.9. The lowest BCUT2D eigenvalue weighted by Gasteiger charge is -2.29. The molecule has 80 heavy (non-hydrogen) atoms. The molecule has 0 unspecified atom stereocenters. The number of nitrogen functional groups attached to an aromatic ring is 2. The molecule has 24 heteroatoms. The van der Waals surface area contributed by atoms with Crippen LogP contribution in [0.3, 0.4) is 0 Å². The molecule has 0 aliphatic carbocycles. The monoisotopic (exact) mass is 1140 g/mol. The lowest BCUT2D eigenvalue weighted by Crippen LogP contribution is -2.18. The zero-order valence-corrected chi connectivity index (χ0v) is 45.1. The highest BCUT2D eigenvalue weighted by atomic mass is 19.4. The summed E-state index contributed by atoms with van der Waals surface area (Å²) in [4.78, 5) is 20.2. The molecule has 0 aliphatic heterocycles. The molecule has 0 heterocycles. The molecule has 0 bridgehead atoms. The van der Waals surface area contributed by atoms with Crippen LogP contribution in [0.2, 0.25) is 0 Å². The largest absolute Gasteiger partial charge is 0.456 e. The molecule has 0 spiro atoms. The fourth-order valence-electron chi connectivity index (χ4n) is 7.88. The zero-order valence-electron chi connectivity index (χ0n) is 45.1. The molecule has 0 fully saturated rings. The number of benzene rings is 6. The summed E-state index contributed by atoms with van der Waals surface area (Å²) >= 11 is 0. The summed E-state index contributed by atoms with van der Waals surface area (Å²) in [6, 6.07) is 16.2. The van der Waals surface area contributed by atoms with Crippen LogP contribution in [0, 0.1) is 20.2 Å². The van der Waals surface area contributed by atoms with Crippen LogP contribution in [0.25, 0.3) is 0 Å². The lowest BCUT2D eigenvalue weighted by atomic mass is 9.80. The first-order chi connectivity index (χ1) is 36.2. The quantitative estimate of drug-likeness (QED) is 0.0581. The summed E-state index contributed by atoms with van der Waals surface area (Å²) in [5.41, 5.74) is 2.77. The van der Waals surface area contributed by atoms with E-state index in [0.29, 0.717) is 23.3 Å². The van der Waals surface area contributed by atoms with Gasteiger partial charge >= 0.3 is 24.7 Å². The van der Waals surface area contributed by atoms with Gasteiger partial charge in [-0.15, -0.1) is 0 Å². The number of alkyl halides is 12. The van der Waals surface area contributed by atoms with E-state index in [1.807, 2.05) is 0 Å². The maximum Gasteiger partial charge on any atom is 0.420 e. The summed E-state index contributed by atoms with van der Waals surface area (Å²) in [7, 11) is 0. The second kappa shape index (κ2) is 22.0. The summed E-state index contributed by atoms with van der Waals surface area (Å²) in [6.07, 6.45) is -19.5. The smallest absolute Gasteiger partial charge is 0.420 e. The number of nitro benzene ring substituents is 2. The van der Waals surface area contributed by atoms with Crippen LogP contribution in [0.5, 0.6) is 46.0 Å². The Labute approximate surface area is 451 Å². The summed E-state index contributed by atoms with van der Waals surface area (Å²) in [6.45, 7) is 20.9. The van der Waals surface area contributed by atoms with Gasteiger partial charge in [-0.25, -0.2) is 0 Å². The average molecular weight is 1140 g/mol. The van der Waals surface area contributed by atoms with Gasteiger partial charge in [-0.3, -0.25) is 20.2 Å². The Kier molecular flexibility index (Phi) is 17.3. The van der Waals surface area contributed by atoms with Crippen molar-refractivity contribution in [2.24, 2.45) is 0 Å². The Balaban J connectivity index is 0.000000295. The molecular weight excluding hydrogens is 1080 g/mol. The number of anilines is 2. The van der Waals surface area contributed by atoms with Gasteiger partial charge in [-0.1, -0.05) is 83.1 Å². The molecule has 6 aromatic carbocycles. The first-order valence-electron chi connectivity index (χ1n) is 23.9. The van der Waals surface area contributed by atoms with Crippen LogP contribution in [-0.4, -0.2) is 9.85 Å². The van der Waals surface area contributed by atoms with Crippen molar-refractivity contribution in [1.82, 2.24) is 0 Å². The highest BCUT2D eigenvalue weighted by molar-refractivity contribution is 5.59. The average Bonchev–Trinajstić information content (AvgIpc) is 3.28. The topological polar surface area (TPSA) is 175 Å². The fraction of sp³-hybridized carbons (Fsp3) is 0.357. The van der Waals surface area contributed by atoms with E-state index in [0.717, 1.165) is 48.5 Å². The second-order valence-corrected chi connectivity index (χ2v) is 22.5. The molecule has 12 nitrogen and oxygen atoms in total. The molecule has 0 saturated heterocycles. The second-order valence-electron chi connectivity index (χ2n) is 22.5. The SMILES string of the molecule is CC(C)(C)c1cc(Oc2ccc(N)cc2C(F)(F)F)c(C(C)(C)C)cc1Oc1ccc(N)cc1C(F)(F)F.CC(C)(C)c1cc(Oc2ccc([N+](=O)[O-])cc2C(F)(F)F)c(C(C)(C)C)cc1Oc1ccc([N+](=O)[O-])cc1C(F)(F)F. The van der Waals surface area contributed by atoms with Gasteiger partial charge in [-0.2, -0.15) is 52.7 Å². The maximum absolute atomic E-state index is 13.9. The Hall–Kier alpha value is -7.92. The van der Waals surface area contributed by atoms with Crippen molar-refractivity contribution >= 4 is 22.7 Å². The highest BCUT2D eigenvalue weighted by Gasteiger charge is 2.41. The van der Waals surface area contributed by atoms with Crippen molar-refractivity contribution in [3.63, 3.8) is 0 Å². The molecule has 0 amide bonds. The third kappa shape index (κ3) is 15.3. The first kappa shape index (κ1) is 62.9. The minimum atomic E-state index is -5.01. The predicted molar refractivity (Wildman–Crippen MR) is 276 cm³/mol. The molecule has 6 aromatic rings. The van der Waals surface area contributed by atoms with Crippen LogP contribution in [0.1, 0.15) is 128 Å². The van der Waals surface area contributed by atoms with Crippen LogP contribution in [0.4, 0.5) is 75.4 Å². The molecule has 6 rings (SSSR count). The minimum Gasteiger partial charge on any atom is -0.456 e. The number of hydrogen-bond acceptors (Lipinski definition) is 10. The minimum absolute atomic E-state index is 0.0798. The zero-order chi connectivity index (χ0) is 60.8. The number of nitro groups is 2. The Morgan fingerprint density at radius 1 is 0.312 bits per heavy atom. The molecule has 0 aliphatic rings. The number of nitrogens with zero attached hydrogens (tertiary/aromatic N) is 2. The van der Waals surface area contributed by atoms with E-state index in [9.17, 15) is 72.9 Å². The van der Waals surface area contributed by atoms with E-state index in [1.165, 1.54) is 36.4 Å². The van der Waals surface area contributed by atoms with E-state index < -0.39 is 113 Å². The number of nitrogens with two attached hydrogens (primary N) is 2. The summed E-state index contributed by atoms with van der Waals surface area (Å²) in [5.74, 6) is -2.30. The van der Waals surface area contributed by atoms with Crippen molar-refractivity contribution in [2.45, 2.75) is 129 Å². The Bertz CT molecular complexity index is 3090. The molecule has 0 aromatic heterocycles. The molecule has 0 saturated carbocycles. The van der Waals surface area contributed by atoms with E-state index in [1.54, 1.807) is 83.1 Å². The van der Waals surface area contributed by atoms with E-state index in [2.05, 4.69) is 0 Å². The molecular formula is C56H56F12N4O8. The van der Waals surface area contributed by atoms with Gasteiger partial charge in [0.05, 0.1) is 9.85 Å². The van der Waals surface area contributed by atoms with Crippen LogP contribution >= 0.6 is 0 Å². The molecule has 432 valence electrons. The van der Waals surface area contributed by atoms with E-state index in [-0.39, 0.29) is 45.5 Å². The highest BCUT2D eigenvalue weighted by Crippen LogP contribution is 2.51. The summed E-state index contributed by atoms with van der Waals surface area (Å²) in [5, 5.41) is 22.2. The normalized spacial score (nSPS) is 12.8. The van der Waals surface area contributed by atoms with E-state index >= 15 is 0 Å². The van der Waals surface area contributed by atoms with Crippen molar-refractivity contribution < 1.29 is 81.5 Å². The van der Waals surface area contributed by atoms with Crippen molar-refractivity contribution in [3.05, 3.63) is 162 Å².